The predicted octanol–water partition coefficient (Wildman–Crippen LogP) is 4.01. The lowest BCUT2D eigenvalue weighted by atomic mass is 9.97. The third kappa shape index (κ3) is 5.08. The molecule has 2 rings (SSSR count). The van der Waals surface area contributed by atoms with Crippen molar-refractivity contribution in [3.8, 4) is 17.6 Å². The summed E-state index contributed by atoms with van der Waals surface area (Å²) in [5.74, 6) is 0.597. The van der Waals surface area contributed by atoms with E-state index in [1.807, 2.05) is 13.0 Å². The molecule has 0 radical (unpaired) electrons. The summed E-state index contributed by atoms with van der Waals surface area (Å²) in [6, 6.07) is 12.4. The number of hydrogen-bond donors (Lipinski definition) is 1. The van der Waals surface area contributed by atoms with Crippen LogP contribution in [-0.4, -0.2) is 24.1 Å². The van der Waals surface area contributed by atoms with Gasteiger partial charge in [-0.25, -0.2) is 0 Å². The molecule has 0 unspecified atom stereocenters. The maximum absolute atomic E-state index is 11.6. The predicted molar refractivity (Wildman–Crippen MR) is 98.4 cm³/mol. The van der Waals surface area contributed by atoms with Gasteiger partial charge in [-0.15, -0.1) is 0 Å². The van der Waals surface area contributed by atoms with E-state index in [9.17, 15) is 9.90 Å². The number of Topliss-reactive ketones (excluding diaryl/α,β-unsaturated/α-hetero) is 1. The van der Waals surface area contributed by atoms with E-state index >= 15 is 0 Å². The van der Waals surface area contributed by atoms with Crippen LogP contribution in [0.15, 0.2) is 36.4 Å². The standard InChI is InChI=1S/C21H23NO4/c1-3-4-20-17(7-10-19(15(2)23)21(20)24)14-25-11-12-26-18-8-5-16(13-22)6-9-18/h5-10,24H,3-4,11-12,14H2,1-2H3. The van der Waals surface area contributed by atoms with Crippen LogP contribution < -0.4 is 4.74 Å². The van der Waals surface area contributed by atoms with Gasteiger partial charge in [0.05, 0.1) is 30.4 Å². The first-order valence-corrected chi connectivity index (χ1v) is 8.62. The summed E-state index contributed by atoms with van der Waals surface area (Å²) in [5.41, 5.74) is 2.59. The van der Waals surface area contributed by atoms with Crippen LogP contribution in [0.1, 0.15) is 47.3 Å². The Balaban J connectivity index is 1.89. The number of hydrogen-bond acceptors (Lipinski definition) is 5. The normalized spacial score (nSPS) is 10.3. The number of carbonyl (C=O) groups is 1. The molecule has 0 fully saturated rings. The Hall–Kier alpha value is -2.84. The number of rotatable bonds is 9. The molecular weight excluding hydrogens is 330 g/mol. The van der Waals surface area contributed by atoms with Crippen molar-refractivity contribution in [2.45, 2.75) is 33.3 Å². The Morgan fingerprint density at radius 1 is 1.15 bits per heavy atom. The minimum Gasteiger partial charge on any atom is -0.507 e. The van der Waals surface area contributed by atoms with E-state index in [1.54, 1.807) is 30.3 Å². The molecule has 136 valence electrons. The zero-order chi connectivity index (χ0) is 18.9. The summed E-state index contributed by atoms with van der Waals surface area (Å²) in [6.45, 7) is 4.59. The van der Waals surface area contributed by atoms with Crippen LogP contribution in [0.3, 0.4) is 0 Å². The summed E-state index contributed by atoms with van der Waals surface area (Å²) in [6.07, 6.45) is 1.55. The molecule has 0 heterocycles. The van der Waals surface area contributed by atoms with Gasteiger partial charge in [0.15, 0.2) is 5.78 Å². The second-order valence-electron chi connectivity index (χ2n) is 5.94. The number of phenols is 1. The topological polar surface area (TPSA) is 79.5 Å². The van der Waals surface area contributed by atoms with Gasteiger partial charge in [0.1, 0.15) is 18.1 Å². The lowest BCUT2D eigenvalue weighted by Crippen LogP contribution is -2.08. The first kappa shape index (κ1) is 19.5. The third-order valence-electron chi connectivity index (χ3n) is 4.00. The maximum atomic E-state index is 11.6. The number of phenolic OH excluding ortho intramolecular Hbond substituents is 1. The fraction of sp³-hybridized carbons (Fsp3) is 0.333. The molecule has 2 aromatic rings. The number of benzene rings is 2. The van der Waals surface area contributed by atoms with Crippen LogP contribution in [0.5, 0.6) is 11.5 Å². The molecule has 0 aliphatic carbocycles. The van der Waals surface area contributed by atoms with Crippen molar-refractivity contribution in [1.82, 2.24) is 0 Å². The van der Waals surface area contributed by atoms with Crippen molar-refractivity contribution >= 4 is 5.78 Å². The van der Waals surface area contributed by atoms with Gasteiger partial charge in [-0.2, -0.15) is 5.26 Å². The quantitative estimate of drug-likeness (QED) is 0.544. The highest BCUT2D eigenvalue weighted by atomic mass is 16.5. The van der Waals surface area contributed by atoms with Crippen molar-refractivity contribution in [3.63, 3.8) is 0 Å². The van der Waals surface area contributed by atoms with Crippen molar-refractivity contribution in [2.75, 3.05) is 13.2 Å². The van der Waals surface area contributed by atoms with E-state index < -0.39 is 0 Å². The van der Waals surface area contributed by atoms with Gasteiger partial charge < -0.3 is 14.6 Å². The highest BCUT2D eigenvalue weighted by Crippen LogP contribution is 2.28. The molecule has 2 aromatic carbocycles. The Labute approximate surface area is 153 Å². The molecule has 5 heteroatoms. The second-order valence-corrected chi connectivity index (χ2v) is 5.94. The van der Waals surface area contributed by atoms with Gasteiger partial charge >= 0.3 is 0 Å². The molecule has 0 spiro atoms. The number of nitriles is 1. The molecule has 0 aromatic heterocycles. The second kappa shape index (κ2) is 9.59. The van der Waals surface area contributed by atoms with E-state index in [4.69, 9.17) is 14.7 Å². The molecule has 0 aliphatic rings. The molecule has 0 bridgehead atoms. The SMILES string of the molecule is CCCc1c(COCCOc2ccc(C#N)cc2)ccc(C(C)=O)c1O. The van der Waals surface area contributed by atoms with Gasteiger partial charge in [-0.1, -0.05) is 19.4 Å². The molecule has 1 N–H and O–H groups in total. The van der Waals surface area contributed by atoms with Crippen molar-refractivity contribution in [1.29, 1.82) is 5.26 Å². The highest BCUT2D eigenvalue weighted by Gasteiger charge is 2.14. The molecule has 0 amide bonds. The Kier molecular flexibility index (Phi) is 7.19. The van der Waals surface area contributed by atoms with E-state index in [0.717, 1.165) is 17.5 Å². The largest absolute Gasteiger partial charge is 0.507 e. The fourth-order valence-corrected chi connectivity index (χ4v) is 2.65. The molecule has 0 saturated carbocycles. The van der Waals surface area contributed by atoms with Gasteiger partial charge in [-0.3, -0.25) is 4.79 Å². The summed E-state index contributed by atoms with van der Waals surface area (Å²) >= 11 is 0. The molecule has 0 atom stereocenters. The monoisotopic (exact) mass is 353 g/mol. The van der Waals surface area contributed by atoms with Crippen LogP contribution >= 0.6 is 0 Å². The van der Waals surface area contributed by atoms with Crippen molar-refractivity contribution < 1.29 is 19.4 Å². The van der Waals surface area contributed by atoms with Crippen LogP contribution in [-0.2, 0) is 17.8 Å². The summed E-state index contributed by atoms with van der Waals surface area (Å²) in [4.78, 5) is 11.6. The highest BCUT2D eigenvalue weighted by molar-refractivity contribution is 5.97. The van der Waals surface area contributed by atoms with Gasteiger partial charge in [-0.05, 0) is 49.2 Å². The summed E-state index contributed by atoms with van der Waals surface area (Å²) < 4.78 is 11.2. The van der Waals surface area contributed by atoms with Gasteiger partial charge in [0.2, 0.25) is 0 Å². The molecule has 0 aliphatic heterocycles. The van der Waals surface area contributed by atoms with E-state index in [-0.39, 0.29) is 11.5 Å². The number of nitrogens with zero attached hydrogens (tertiary/aromatic N) is 1. The minimum absolute atomic E-state index is 0.0642. The van der Waals surface area contributed by atoms with Crippen LogP contribution in [0.25, 0.3) is 0 Å². The number of carbonyl (C=O) groups excluding carboxylic acids is 1. The smallest absolute Gasteiger partial charge is 0.163 e. The average molecular weight is 353 g/mol. The zero-order valence-electron chi connectivity index (χ0n) is 15.1. The molecular formula is C21H23NO4. The average Bonchev–Trinajstić information content (AvgIpc) is 2.64. The van der Waals surface area contributed by atoms with Crippen LogP contribution in [0.2, 0.25) is 0 Å². The van der Waals surface area contributed by atoms with Gasteiger partial charge in [0.25, 0.3) is 0 Å². The van der Waals surface area contributed by atoms with Crippen LogP contribution in [0, 0.1) is 11.3 Å². The lowest BCUT2D eigenvalue weighted by Gasteiger charge is -2.14. The first-order chi connectivity index (χ1) is 12.6. The number of ether oxygens (including phenoxy) is 2. The lowest BCUT2D eigenvalue weighted by molar-refractivity contribution is 0.0883. The summed E-state index contributed by atoms with van der Waals surface area (Å²) in [5, 5.41) is 19.1. The van der Waals surface area contributed by atoms with E-state index in [2.05, 4.69) is 6.07 Å². The van der Waals surface area contributed by atoms with E-state index in [1.165, 1.54) is 6.92 Å². The Morgan fingerprint density at radius 2 is 1.88 bits per heavy atom. The summed E-state index contributed by atoms with van der Waals surface area (Å²) in [7, 11) is 0. The number of ketones is 1. The molecule has 0 saturated heterocycles. The van der Waals surface area contributed by atoms with Crippen LogP contribution in [0.4, 0.5) is 0 Å². The Morgan fingerprint density at radius 3 is 2.50 bits per heavy atom. The van der Waals surface area contributed by atoms with E-state index in [0.29, 0.717) is 43.1 Å². The van der Waals surface area contributed by atoms with Crippen molar-refractivity contribution in [2.24, 2.45) is 0 Å². The molecule has 5 nitrogen and oxygen atoms in total. The van der Waals surface area contributed by atoms with Gasteiger partial charge in [0, 0.05) is 5.56 Å². The number of aromatic hydroxyl groups is 1. The first-order valence-electron chi connectivity index (χ1n) is 8.62. The minimum atomic E-state index is -0.150. The van der Waals surface area contributed by atoms with Crippen molar-refractivity contribution in [3.05, 3.63) is 58.7 Å². The molecule has 26 heavy (non-hydrogen) atoms. The maximum Gasteiger partial charge on any atom is 0.163 e. The Bertz CT molecular complexity index is 791. The third-order valence-corrected chi connectivity index (χ3v) is 4.00. The zero-order valence-corrected chi connectivity index (χ0v) is 15.1. The fourth-order valence-electron chi connectivity index (χ4n) is 2.65.